The van der Waals surface area contributed by atoms with Crippen LogP contribution in [-0.4, -0.2) is 43.8 Å². The van der Waals surface area contributed by atoms with Crippen LogP contribution < -0.4 is 0 Å². The summed E-state index contributed by atoms with van der Waals surface area (Å²) in [4.78, 5) is 32.2. The van der Waals surface area contributed by atoms with Gasteiger partial charge in [-0.2, -0.15) is 18.3 Å². The highest BCUT2D eigenvalue weighted by Gasteiger charge is 2.35. The van der Waals surface area contributed by atoms with Crippen molar-refractivity contribution in [2.45, 2.75) is 43.3 Å². The summed E-state index contributed by atoms with van der Waals surface area (Å²) in [7, 11) is 0. The minimum Gasteiger partial charge on any atom is -0.340 e. The van der Waals surface area contributed by atoms with Gasteiger partial charge >= 0.3 is 6.18 Å². The molecule has 4 rings (SSSR count). The highest BCUT2D eigenvalue weighted by Crippen LogP contribution is 2.33. The van der Waals surface area contributed by atoms with E-state index in [0.29, 0.717) is 28.7 Å². The maximum absolute atomic E-state index is 12.9. The molecule has 0 N–H and O–H groups in total. The third-order valence-corrected chi connectivity index (χ3v) is 7.87. The van der Waals surface area contributed by atoms with Crippen molar-refractivity contribution in [3.63, 3.8) is 0 Å². The Morgan fingerprint density at radius 2 is 2.06 bits per heavy atom. The summed E-state index contributed by atoms with van der Waals surface area (Å²) < 4.78 is 39.8. The van der Waals surface area contributed by atoms with Crippen LogP contribution in [0, 0.1) is 6.92 Å². The number of thiazole rings is 1. The number of piperidine rings is 1. The topological polar surface area (TPSA) is 68.1 Å². The van der Waals surface area contributed by atoms with Gasteiger partial charge in [0.25, 0.3) is 0 Å². The average Bonchev–Trinajstić information content (AvgIpc) is 3.43. The second-order valence-corrected chi connectivity index (χ2v) is 10.2. The van der Waals surface area contributed by atoms with Gasteiger partial charge in [0.05, 0.1) is 10.0 Å². The molecular formula is C22H20ClF3N4O2S2. The quantitative estimate of drug-likeness (QED) is 0.400. The van der Waals surface area contributed by atoms with E-state index in [1.807, 2.05) is 0 Å². The SMILES string of the molecule is Cc1cc(C(F)(F)F)nn1CC(=O)N1CCCC(c2nc(C(=O)Sc3ccccc3Cl)cs2)C1. The highest BCUT2D eigenvalue weighted by molar-refractivity contribution is 8.14. The number of thioether (sulfide) groups is 1. The monoisotopic (exact) mass is 528 g/mol. The first-order valence-corrected chi connectivity index (χ1v) is 12.5. The van der Waals surface area contributed by atoms with Gasteiger partial charge in [0.15, 0.2) is 5.69 Å². The van der Waals surface area contributed by atoms with Gasteiger partial charge in [-0.15, -0.1) is 11.3 Å². The maximum atomic E-state index is 12.9. The third-order valence-electron chi connectivity index (χ3n) is 5.45. The van der Waals surface area contributed by atoms with Crippen LogP contribution >= 0.6 is 34.7 Å². The summed E-state index contributed by atoms with van der Waals surface area (Å²) in [6, 6.07) is 8.00. The van der Waals surface area contributed by atoms with Gasteiger partial charge in [-0.05, 0) is 49.7 Å². The van der Waals surface area contributed by atoms with E-state index in [9.17, 15) is 22.8 Å². The zero-order chi connectivity index (χ0) is 24.5. The Kier molecular flexibility index (Phi) is 7.34. The number of amides is 1. The lowest BCUT2D eigenvalue weighted by Crippen LogP contribution is -2.41. The molecule has 1 aliphatic rings. The number of hydrogen-bond acceptors (Lipinski definition) is 6. The fraction of sp³-hybridized carbons (Fsp3) is 0.364. The van der Waals surface area contributed by atoms with E-state index in [4.69, 9.17) is 11.6 Å². The van der Waals surface area contributed by atoms with E-state index in [-0.39, 0.29) is 29.2 Å². The lowest BCUT2D eigenvalue weighted by molar-refractivity contribution is -0.142. The molecule has 180 valence electrons. The van der Waals surface area contributed by atoms with Crippen molar-refractivity contribution in [2.24, 2.45) is 0 Å². The molecule has 12 heteroatoms. The predicted octanol–water partition coefficient (Wildman–Crippen LogP) is 5.66. The number of aromatic nitrogens is 3. The van der Waals surface area contributed by atoms with Gasteiger partial charge in [0.2, 0.25) is 11.0 Å². The highest BCUT2D eigenvalue weighted by atomic mass is 35.5. The summed E-state index contributed by atoms with van der Waals surface area (Å²) in [5, 5.41) is 6.28. The van der Waals surface area contributed by atoms with Crippen molar-refractivity contribution >= 4 is 45.7 Å². The Morgan fingerprint density at radius 1 is 1.29 bits per heavy atom. The Hall–Kier alpha value is -2.37. The molecule has 1 unspecified atom stereocenters. The molecule has 34 heavy (non-hydrogen) atoms. The number of alkyl halides is 3. The number of rotatable bonds is 5. The van der Waals surface area contributed by atoms with Gasteiger partial charge in [-0.25, -0.2) is 4.98 Å². The number of likely N-dealkylation sites (tertiary alicyclic amines) is 1. The summed E-state index contributed by atoms with van der Waals surface area (Å²) in [5.41, 5.74) is -0.405. The van der Waals surface area contributed by atoms with Crippen LogP contribution in [0.1, 0.15) is 45.6 Å². The molecule has 3 heterocycles. The molecule has 1 amide bonds. The van der Waals surface area contributed by atoms with E-state index in [1.165, 1.54) is 18.3 Å². The van der Waals surface area contributed by atoms with E-state index < -0.39 is 11.9 Å². The second-order valence-electron chi connectivity index (χ2n) is 7.90. The van der Waals surface area contributed by atoms with E-state index in [2.05, 4.69) is 10.1 Å². The number of carbonyl (C=O) groups excluding carboxylic acids is 2. The minimum atomic E-state index is -4.56. The van der Waals surface area contributed by atoms with Crippen molar-refractivity contribution in [3.8, 4) is 0 Å². The van der Waals surface area contributed by atoms with Crippen molar-refractivity contribution in [3.05, 3.63) is 62.8 Å². The van der Waals surface area contributed by atoms with Crippen LogP contribution in [0.15, 0.2) is 40.6 Å². The third kappa shape index (κ3) is 5.64. The Balaban J connectivity index is 1.40. The summed E-state index contributed by atoms with van der Waals surface area (Å²) in [5.74, 6) is -0.342. The number of carbonyl (C=O) groups is 2. The number of halogens is 4. The molecule has 2 aromatic heterocycles. The molecule has 1 atom stereocenters. The zero-order valence-corrected chi connectivity index (χ0v) is 20.4. The largest absolute Gasteiger partial charge is 0.435 e. The normalized spacial score (nSPS) is 16.6. The van der Waals surface area contributed by atoms with E-state index >= 15 is 0 Å². The van der Waals surface area contributed by atoms with Crippen LogP contribution in [0.4, 0.5) is 13.2 Å². The van der Waals surface area contributed by atoms with Gasteiger partial charge in [0.1, 0.15) is 12.2 Å². The Labute approximate surface area is 207 Å². The zero-order valence-electron chi connectivity index (χ0n) is 18.0. The van der Waals surface area contributed by atoms with E-state index in [0.717, 1.165) is 40.4 Å². The van der Waals surface area contributed by atoms with Crippen LogP contribution in [0.5, 0.6) is 0 Å². The lowest BCUT2D eigenvalue weighted by Gasteiger charge is -2.32. The number of hydrogen-bond donors (Lipinski definition) is 0. The lowest BCUT2D eigenvalue weighted by atomic mass is 9.98. The molecule has 0 saturated carbocycles. The van der Waals surface area contributed by atoms with Crippen molar-refractivity contribution < 1.29 is 22.8 Å². The molecule has 3 aromatic rings. The molecule has 1 aliphatic heterocycles. The second kappa shape index (κ2) is 10.1. The Bertz CT molecular complexity index is 1210. The predicted molar refractivity (Wildman–Crippen MR) is 124 cm³/mol. The van der Waals surface area contributed by atoms with Gasteiger partial charge < -0.3 is 4.90 Å². The minimum absolute atomic E-state index is 0.0426. The molecule has 1 saturated heterocycles. The van der Waals surface area contributed by atoms with Crippen molar-refractivity contribution in [2.75, 3.05) is 13.1 Å². The van der Waals surface area contributed by atoms with Crippen LogP contribution in [-0.2, 0) is 17.5 Å². The van der Waals surface area contributed by atoms with E-state index in [1.54, 1.807) is 34.5 Å². The number of nitrogens with zero attached hydrogens (tertiary/aromatic N) is 4. The fourth-order valence-electron chi connectivity index (χ4n) is 3.69. The van der Waals surface area contributed by atoms with Crippen LogP contribution in [0.25, 0.3) is 0 Å². The molecule has 6 nitrogen and oxygen atoms in total. The van der Waals surface area contributed by atoms with Crippen LogP contribution in [0.3, 0.4) is 0 Å². The summed E-state index contributed by atoms with van der Waals surface area (Å²) >= 11 is 8.51. The first-order chi connectivity index (χ1) is 16.1. The van der Waals surface area contributed by atoms with Crippen LogP contribution in [0.2, 0.25) is 5.02 Å². The van der Waals surface area contributed by atoms with Gasteiger partial charge in [0, 0.05) is 35.0 Å². The number of aryl methyl sites for hydroxylation is 1. The number of benzene rings is 1. The van der Waals surface area contributed by atoms with Crippen molar-refractivity contribution in [1.82, 2.24) is 19.7 Å². The summed E-state index contributed by atoms with van der Waals surface area (Å²) in [6.45, 7) is 2.14. The molecule has 0 bridgehead atoms. The van der Waals surface area contributed by atoms with Crippen molar-refractivity contribution in [1.29, 1.82) is 0 Å². The van der Waals surface area contributed by atoms with Gasteiger partial charge in [-0.3, -0.25) is 14.3 Å². The average molecular weight is 529 g/mol. The molecule has 0 radical (unpaired) electrons. The molecular weight excluding hydrogens is 509 g/mol. The molecule has 0 spiro atoms. The Morgan fingerprint density at radius 3 is 2.76 bits per heavy atom. The maximum Gasteiger partial charge on any atom is 0.435 e. The first kappa shape index (κ1) is 24.7. The molecule has 0 aliphatic carbocycles. The fourth-order valence-corrected chi connectivity index (χ4v) is 5.67. The molecule has 1 fully saturated rings. The first-order valence-electron chi connectivity index (χ1n) is 10.4. The standard InChI is InChI=1S/C22H20ClF3N4O2S2/c1-13-9-18(22(24,25)26)28-30(13)11-19(31)29-8-4-5-14(10-29)20-27-16(12-33-20)21(32)34-17-7-3-2-6-15(17)23/h2-3,6-7,9,12,14H,4-5,8,10-11H2,1H3. The van der Waals surface area contributed by atoms with Gasteiger partial charge in [-0.1, -0.05) is 23.7 Å². The molecule has 1 aromatic carbocycles. The summed E-state index contributed by atoms with van der Waals surface area (Å²) in [6.07, 6.45) is -3.01. The smallest absolute Gasteiger partial charge is 0.340 e.